The second kappa shape index (κ2) is 4.41. The van der Waals surface area contributed by atoms with Crippen LogP contribution >= 0.6 is 0 Å². The van der Waals surface area contributed by atoms with E-state index < -0.39 is 24.9 Å². The van der Waals surface area contributed by atoms with E-state index in [9.17, 15) is 22.0 Å². The third-order valence-electron chi connectivity index (χ3n) is 1.45. The molecule has 0 radical (unpaired) electrons. The molecule has 7 heteroatoms. The molecule has 1 rings (SSSR count). The van der Waals surface area contributed by atoms with Gasteiger partial charge in [-0.1, -0.05) is 0 Å². The second-order valence-corrected chi connectivity index (χ2v) is 2.66. The molecule has 0 saturated carbocycles. The molecular formula is C8H6F5NO. The van der Waals surface area contributed by atoms with Crippen LogP contribution in [0.4, 0.5) is 22.0 Å². The Morgan fingerprint density at radius 3 is 2.60 bits per heavy atom. The van der Waals surface area contributed by atoms with E-state index in [0.717, 1.165) is 18.3 Å². The molecule has 15 heavy (non-hydrogen) atoms. The normalized spacial score (nSPS) is 11.9. The Kier molecular flexibility index (Phi) is 3.43. The molecule has 0 spiro atoms. The number of ether oxygens (including phenoxy) is 1. The molecule has 0 saturated heterocycles. The molecule has 0 atom stereocenters. The molecule has 2 nitrogen and oxygen atoms in total. The van der Waals surface area contributed by atoms with Crippen LogP contribution in [-0.2, 0) is 0 Å². The number of nitrogens with zero attached hydrogens (tertiary/aromatic N) is 1. The van der Waals surface area contributed by atoms with Crippen LogP contribution in [0.15, 0.2) is 18.3 Å². The van der Waals surface area contributed by atoms with Gasteiger partial charge in [0.1, 0.15) is 5.75 Å². The van der Waals surface area contributed by atoms with Crippen LogP contribution in [0.5, 0.6) is 5.75 Å². The van der Waals surface area contributed by atoms with Gasteiger partial charge in [0.25, 0.3) is 0 Å². The Morgan fingerprint density at radius 2 is 2.07 bits per heavy atom. The van der Waals surface area contributed by atoms with Gasteiger partial charge in [0.2, 0.25) is 5.95 Å². The zero-order valence-corrected chi connectivity index (χ0v) is 7.26. The van der Waals surface area contributed by atoms with Gasteiger partial charge in [-0.25, -0.2) is 13.8 Å². The Bertz CT molecular complexity index is 331. The van der Waals surface area contributed by atoms with Crippen molar-refractivity contribution in [1.82, 2.24) is 4.98 Å². The topological polar surface area (TPSA) is 22.1 Å². The fourth-order valence-electron chi connectivity index (χ4n) is 0.717. The maximum Gasteiger partial charge on any atom is 0.340 e. The second-order valence-electron chi connectivity index (χ2n) is 2.66. The summed E-state index contributed by atoms with van der Waals surface area (Å²) >= 11 is 0. The summed E-state index contributed by atoms with van der Waals surface area (Å²) in [6.07, 6.45) is -2.84. The van der Waals surface area contributed by atoms with E-state index in [-0.39, 0.29) is 5.75 Å². The van der Waals surface area contributed by atoms with Crippen LogP contribution < -0.4 is 4.74 Å². The van der Waals surface area contributed by atoms with Crippen LogP contribution in [0, 0.1) is 5.95 Å². The lowest BCUT2D eigenvalue weighted by atomic mass is 10.4. The Balaban J connectivity index is 2.57. The summed E-state index contributed by atoms with van der Waals surface area (Å²) in [6.45, 7) is -1.51. The van der Waals surface area contributed by atoms with Gasteiger partial charge in [0.15, 0.2) is 6.61 Å². The average Bonchev–Trinajstić information content (AvgIpc) is 2.15. The summed E-state index contributed by atoms with van der Waals surface area (Å²) in [5, 5.41) is 0. The van der Waals surface area contributed by atoms with E-state index in [4.69, 9.17) is 0 Å². The Labute approximate surface area is 81.7 Å². The smallest absolute Gasteiger partial charge is 0.340 e. The van der Waals surface area contributed by atoms with Crippen LogP contribution in [-0.4, -0.2) is 23.9 Å². The standard InChI is InChI=1S/C8H6F5NO/c9-6-3-5(1-2-14-6)15-4-8(12,13)7(10)11/h1-3,7H,4H2. The highest BCUT2D eigenvalue weighted by Crippen LogP contribution is 2.24. The van der Waals surface area contributed by atoms with Crippen molar-refractivity contribution in [1.29, 1.82) is 0 Å². The highest BCUT2D eigenvalue weighted by atomic mass is 19.3. The maximum atomic E-state index is 12.4. The van der Waals surface area contributed by atoms with Gasteiger partial charge in [0, 0.05) is 12.3 Å². The number of aromatic nitrogens is 1. The number of hydrogen-bond donors (Lipinski definition) is 0. The molecule has 0 aliphatic heterocycles. The third kappa shape index (κ3) is 3.34. The van der Waals surface area contributed by atoms with Crippen molar-refractivity contribution in [3.63, 3.8) is 0 Å². The number of pyridine rings is 1. The summed E-state index contributed by atoms with van der Waals surface area (Å²) in [5.74, 6) is -5.46. The van der Waals surface area contributed by atoms with Crippen molar-refractivity contribution >= 4 is 0 Å². The molecule has 0 bridgehead atoms. The Morgan fingerprint density at radius 1 is 1.40 bits per heavy atom. The minimum atomic E-state index is -4.25. The van der Waals surface area contributed by atoms with Gasteiger partial charge < -0.3 is 4.74 Å². The maximum absolute atomic E-state index is 12.4. The van der Waals surface area contributed by atoms with Crippen molar-refractivity contribution in [2.24, 2.45) is 0 Å². The lowest BCUT2D eigenvalue weighted by Crippen LogP contribution is -2.33. The van der Waals surface area contributed by atoms with E-state index in [2.05, 4.69) is 9.72 Å². The zero-order chi connectivity index (χ0) is 11.5. The number of halogens is 5. The number of hydrogen-bond acceptors (Lipinski definition) is 2. The molecular weight excluding hydrogens is 221 g/mol. The third-order valence-corrected chi connectivity index (χ3v) is 1.45. The van der Waals surface area contributed by atoms with Gasteiger partial charge in [-0.2, -0.15) is 13.2 Å². The van der Waals surface area contributed by atoms with Crippen LogP contribution in [0.3, 0.4) is 0 Å². The largest absolute Gasteiger partial charge is 0.487 e. The first-order chi connectivity index (χ1) is 6.92. The van der Waals surface area contributed by atoms with Crippen molar-refractivity contribution in [3.05, 3.63) is 24.3 Å². The quantitative estimate of drug-likeness (QED) is 0.582. The first-order valence-electron chi connectivity index (χ1n) is 3.82. The van der Waals surface area contributed by atoms with Crippen LogP contribution in [0.1, 0.15) is 0 Å². The monoisotopic (exact) mass is 227 g/mol. The zero-order valence-electron chi connectivity index (χ0n) is 7.26. The first-order valence-corrected chi connectivity index (χ1v) is 3.82. The van der Waals surface area contributed by atoms with Crippen LogP contribution in [0.2, 0.25) is 0 Å². The summed E-state index contributed by atoms with van der Waals surface area (Å²) in [4.78, 5) is 3.14. The predicted octanol–water partition coefficient (Wildman–Crippen LogP) is 2.50. The highest BCUT2D eigenvalue weighted by Gasteiger charge is 2.41. The van der Waals surface area contributed by atoms with Crippen LogP contribution in [0.25, 0.3) is 0 Å². The Hall–Kier alpha value is -1.40. The minimum Gasteiger partial charge on any atom is -0.487 e. The van der Waals surface area contributed by atoms with Gasteiger partial charge >= 0.3 is 12.3 Å². The van der Waals surface area contributed by atoms with Crippen molar-refractivity contribution in [2.75, 3.05) is 6.61 Å². The predicted molar refractivity (Wildman–Crippen MR) is 40.6 cm³/mol. The molecule has 1 heterocycles. The van der Waals surface area contributed by atoms with Gasteiger partial charge in [-0.15, -0.1) is 0 Å². The molecule has 0 aliphatic rings. The molecule has 0 aromatic carbocycles. The molecule has 0 unspecified atom stereocenters. The van der Waals surface area contributed by atoms with E-state index in [0.29, 0.717) is 0 Å². The van der Waals surface area contributed by atoms with Gasteiger partial charge in [-0.3, -0.25) is 0 Å². The molecule has 1 aromatic heterocycles. The van der Waals surface area contributed by atoms with Crippen molar-refractivity contribution in [3.8, 4) is 5.75 Å². The van der Waals surface area contributed by atoms with Gasteiger partial charge in [-0.05, 0) is 6.07 Å². The summed E-state index contributed by atoms with van der Waals surface area (Å²) in [7, 11) is 0. The average molecular weight is 227 g/mol. The van der Waals surface area contributed by atoms with Gasteiger partial charge in [0.05, 0.1) is 0 Å². The minimum absolute atomic E-state index is 0.275. The SMILES string of the molecule is Fc1cc(OCC(F)(F)C(F)F)ccn1. The lowest BCUT2D eigenvalue weighted by Gasteiger charge is -2.15. The molecule has 0 aliphatic carbocycles. The fraction of sp³-hybridized carbons (Fsp3) is 0.375. The molecule has 0 amide bonds. The van der Waals surface area contributed by atoms with E-state index in [1.165, 1.54) is 0 Å². The highest BCUT2D eigenvalue weighted by molar-refractivity contribution is 5.17. The molecule has 84 valence electrons. The molecule has 0 fully saturated rings. The van der Waals surface area contributed by atoms with E-state index >= 15 is 0 Å². The van der Waals surface area contributed by atoms with E-state index in [1.54, 1.807) is 0 Å². The van der Waals surface area contributed by atoms with E-state index in [1.807, 2.05) is 0 Å². The van der Waals surface area contributed by atoms with Crippen molar-refractivity contribution < 1.29 is 26.7 Å². The first kappa shape index (κ1) is 11.7. The fourth-order valence-corrected chi connectivity index (χ4v) is 0.717. The number of rotatable bonds is 4. The summed E-state index contributed by atoms with van der Waals surface area (Å²) < 4.78 is 64.8. The lowest BCUT2D eigenvalue weighted by molar-refractivity contribution is -0.148. The number of alkyl halides is 4. The molecule has 1 aromatic rings. The summed E-state index contributed by atoms with van der Waals surface area (Å²) in [5.41, 5.74) is 0. The summed E-state index contributed by atoms with van der Waals surface area (Å²) in [6, 6.07) is 1.81. The molecule has 0 N–H and O–H groups in total. The van der Waals surface area contributed by atoms with Crippen molar-refractivity contribution in [2.45, 2.75) is 12.3 Å².